The van der Waals surface area contributed by atoms with Gasteiger partial charge in [0.2, 0.25) is 11.8 Å². The minimum atomic E-state index is -0.350. The summed E-state index contributed by atoms with van der Waals surface area (Å²) in [6, 6.07) is 23.4. The Kier molecular flexibility index (Phi) is 7.77. The molecule has 39 heavy (non-hydrogen) atoms. The van der Waals surface area contributed by atoms with Gasteiger partial charge < -0.3 is 19.4 Å². The van der Waals surface area contributed by atoms with Gasteiger partial charge in [0.1, 0.15) is 12.0 Å². The van der Waals surface area contributed by atoms with E-state index in [0.29, 0.717) is 30.3 Å². The molecule has 1 aliphatic heterocycles. The summed E-state index contributed by atoms with van der Waals surface area (Å²) in [5, 5.41) is 2.79. The molecule has 0 spiro atoms. The minimum absolute atomic E-state index is 0.0720. The Morgan fingerprint density at radius 3 is 2.59 bits per heavy atom. The SMILES string of the molecule is Cc1ccc([C@@H]2c3cc(OCc4nc(C(=O)Nc5ccccc5)co4)ccc3CCN2C(=O)CC(C)C)cc1. The molecule has 0 saturated heterocycles. The topological polar surface area (TPSA) is 84.7 Å². The van der Waals surface area contributed by atoms with E-state index in [1.165, 1.54) is 17.4 Å². The number of aromatic nitrogens is 1. The normalized spacial score (nSPS) is 14.7. The van der Waals surface area contributed by atoms with Crippen molar-refractivity contribution in [2.24, 2.45) is 5.92 Å². The lowest BCUT2D eigenvalue weighted by Crippen LogP contribution is -2.41. The fourth-order valence-electron chi connectivity index (χ4n) is 4.87. The van der Waals surface area contributed by atoms with Gasteiger partial charge in [0.05, 0.1) is 6.04 Å². The number of hydrogen-bond donors (Lipinski definition) is 1. The van der Waals surface area contributed by atoms with E-state index >= 15 is 0 Å². The van der Waals surface area contributed by atoms with Crippen LogP contribution < -0.4 is 10.1 Å². The van der Waals surface area contributed by atoms with E-state index < -0.39 is 0 Å². The molecular formula is C32H33N3O4. The molecule has 0 aliphatic carbocycles. The van der Waals surface area contributed by atoms with Crippen LogP contribution in [0.3, 0.4) is 0 Å². The zero-order valence-corrected chi connectivity index (χ0v) is 22.5. The van der Waals surface area contributed by atoms with Crippen molar-refractivity contribution >= 4 is 17.5 Å². The number of hydrogen-bond acceptors (Lipinski definition) is 5. The highest BCUT2D eigenvalue weighted by Crippen LogP contribution is 2.38. The van der Waals surface area contributed by atoms with Crippen molar-refractivity contribution in [2.75, 3.05) is 11.9 Å². The summed E-state index contributed by atoms with van der Waals surface area (Å²) >= 11 is 0. The summed E-state index contributed by atoms with van der Waals surface area (Å²) < 4.78 is 11.5. The zero-order chi connectivity index (χ0) is 27.4. The predicted octanol–water partition coefficient (Wildman–Crippen LogP) is 6.33. The average Bonchev–Trinajstić information content (AvgIpc) is 3.41. The van der Waals surface area contributed by atoms with Gasteiger partial charge in [0.15, 0.2) is 12.3 Å². The maximum atomic E-state index is 13.3. The molecule has 7 heteroatoms. The standard InChI is InChI=1S/C32H33N3O4/c1-21(2)17-30(36)35-16-15-23-13-14-26(18-27(23)31(35)24-11-9-22(3)10-12-24)38-20-29-34-28(19-39-29)32(37)33-25-7-5-4-6-8-25/h4-14,18-19,21,31H,15-17,20H2,1-3H3,(H,33,37)/t31-/m1/s1. The first kappa shape index (κ1) is 26.2. The van der Waals surface area contributed by atoms with E-state index in [4.69, 9.17) is 9.15 Å². The monoisotopic (exact) mass is 523 g/mol. The first-order valence-electron chi connectivity index (χ1n) is 13.3. The molecule has 2 amide bonds. The summed E-state index contributed by atoms with van der Waals surface area (Å²) in [6.45, 7) is 6.96. The van der Waals surface area contributed by atoms with Gasteiger partial charge in [-0.15, -0.1) is 0 Å². The molecule has 2 heterocycles. The van der Waals surface area contributed by atoms with Gasteiger partial charge in [0.25, 0.3) is 5.91 Å². The van der Waals surface area contributed by atoms with Crippen LogP contribution in [0, 0.1) is 12.8 Å². The third-order valence-electron chi connectivity index (χ3n) is 6.82. The van der Waals surface area contributed by atoms with E-state index in [1.54, 1.807) is 12.1 Å². The Balaban J connectivity index is 1.34. The van der Waals surface area contributed by atoms with Gasteiger partial charge in [-0.3, -0.25) is 9.59 Å². The lowest BCUT2D eigenvalue weighted by molar-refractivity contribution is -0.134. The van der Waals surface area contributed by atoms with E-state index in [1.807, 2.05) is 35.2 Å². The molecule has 1 aliphatic rings. The van der Waals surface area contributed by atoms with Crippen molar-refractivity contribution in [3.63, 3.8) is 0 Å². The van der Waals surface area contributed by atoms with E-state index in [0.717, 1.165) is 17.5 Å². The van der Waals surface area contributed by atoms with Gasteiger partial charge in [-0.25, -0.2) is 4.98 Å². The maximum Gasteiger partial charge on any atom is 0.277 e. The van der Waals surface area contributed by atoms with E-state index in [9.17, 15) is 9.59 Å². The number of ether oxygens (including phenoxy) is 1. The van der Waals surface area contributed by atoms with E-state index in [2.05, 4.69) is 61.4 Å². The summed E-state index contributed by atoms with van der Waals surface area (Å²) in [4.78, 5) is 32.1. The molecule has 0 radical (unpaired) electrons. The number of fused-ring (bicyclic) bond motifs is 1. The summed E-state index contributed by atoms with van der Waals surface area (Å²) in [5.41, 5.74) is 5.39. The average molecular weight is 524 g/mol. The number of benzene rings is 3. The molecule has 0 unspecified atom stereocenters. The van der Waals surface area contributed by atoms with Gasteiger partial charge in [-0.05, 0) is 60.2 Å². The molecule has 1 atom stereocenters. The number of aryl methyl sites for hydroxylation is 1. The van der Waals surface area contributed by atoms with Crippen LogP contribution in [0.2, 0.25) is 0 Å². The number of anilines is 1. The number of carbonyl (C=O) groups is 2. The van der Waals surface area contributed by atoms with Gasteiger partial charge >= 0.3 is 0 Å². The Bertz CT molecular complexity index is 1440. The number of para-hydroxylation sites is 1. The summed E-state index contributed by atoms with van der Waals surface area (Å²) in [5.74, 6) is 1.05. The summed E-state index contributed by atoms with van der Waals surface area (Å²) in [6.07, 6.45) is 2.63. The summed E-state index contributed by atoms with van der Waals surface area (Å²) in [7, 11) is 0. The molecular weight excluding hydrogens is 490 g/mol. The number of carbonyl (C=O) groups excluding carboxylic acids is 2. The molecule has 7 nitrogen and oxygen atoms in total. The molecule has 0 bridgehead atoms. The van der Waals surface area contributed by atoms with Crippen LogP contribution in [0.4, 0.5) is 5.69 Å². The second-order valence-electron chi connectivity index (χ2n) is 10.3. The lowest BCUT2D eigenvalue weighted by atomic mass is 9.87. The molecule has 3 aromatic carbocycles. The maximum absolute atomic E-state index is 13.3. The number of nitrogens with one attached hydrogen (secondary N) is 1. The molecule has 4 aromatic rings. The van der Waals surface area contributed by atoms with Crippen LogP contribution in [0.25, 0.3) is 0 Å². The van der Waals surface area contributed by atoms with Gasteiger partial charge in [-0.1, -0.05) is 67.9 Å². The Morgan fingerprint density at radius 2 is 1.85 bits per heavy atom. The largest absolute Gasteiger partial charge is 0.484 e. The van der Waals surface area contributed by atoms with Crippen LogP contribution in [0.5, 0.6) is 5.75 Å². The fourth-order valence-corrected chi connectivity index (χ4v) is 4.87. The first-order valence-corrected chi connectivity index (χ1v) is 13.3. The molecule has 0 fully saturated rings. The number of amides is 2. The molecule has 1 aromatic heterocycles. The smallest absolute Gasteiger partial charge is 0.277 e. The Morgan fingerprint density at radius 1 is 1.08 bits per heavy atom. The Labute approximate surface area is 228 Å². The predicted molar refractivity (Wildman–Crippen MR) is 150 cm³/mol. The van der Waals surface area contributed by atoms with Crippen LogP contribution in [-0.4, -0.2) is 28.2 Å². The number of rotatable bonds is 8. The van der Waals surface area contributed by atoms with Crippen molar-refractivity contribution in [1.29, 1.82) is 0 Å². The highest BCUT2D eigenvalue weighted by molar-refractivity contribution is 6.02. The molecule has 1 N–H and O–H groups in total. The second-order valence-corrected chi connectivity index (χ2v) is 10.3. The quantitative estimate of drug-likeness (QED) is 0.292. The van der Waals surface area contributed by atoms with Crippen molar-refractivity contribution < 1.29 is 18.7 Å². The molecule has 0 saturated carbocycles. The van der Waals surface area contributed by atoms with Crippen LogP contribution in [0.1, 0.15) is 64.9 Å². The second kappa shape index (κ2) is 11.6. The molecule has 200 valence electrons. The third-order valence-corrected chi connectivity index (χ3v) is 6.82. The van der Waals surface area contributed by atoms with Crippen LogP contribution in [-0.2, 0) is 17.8 Å². The Hall–Kier alpha value is -4.39. The fraction of sp³-hybridized carbons (Fsp3) is 0.281. The van der Waals surface area contributed by atoms with E-state index in [-0.39, 0.29) is 36.1 Å². The minimum Gasteiger partial charge on any atom is -0.484 e. The van der Waals surface area contributed by atoms with Crippen molar-refractivity contribution in [1.82, 2.24) is 9.88 Å². The highest BCUT2D eigenvalue weighted by atomic mass is 16.5. The van der Waals surface area contributed by atoms with Gasteiger partial charge in [0, 0.05) is 18.7 Å². The lowest BCUT2D eigenvalue weighted by Gasteiger charge is -2.38. The molecule has 5 rings (SSSR count). The van der Waals surface area contributed by atoms with Crippen molar-refractivity contribution in [2.45, 2.75) is 46.3 Å². The third kappa shape index (κ3) is 6.20. The zero-order valence-electron chi connectivity index (χ0n) is 22.5. The van der Waals surface area contributed by atoms with Gasteiger partial charge in [-0.2, -0.15) is 0 Å². The van der Waals surface area contributed by atoms with Crippen molar-refractivity contribution in [3.8, 4) is 5.75 Å². The number of oxazole rings is 1. The first-order chi connectivity index (χ1) is 18.9. The number of nitrogens with zero attached hydrogens (tertiary/aromatic N) is 2. The van der Waals surface area contributed by atoms with Crippen LogP contribution in [0.15, 0.2) is 83.5 Å². The van der Waals surface area contributed by atoms with Crippen molar-refractivity contribution in [3.05, 3.63) is 113 Å². The van der Waals surface area contributed by atoms with Crippen LogP contribution >= 0.6 is 0 Å². The highest BCUT2D eigenvalue weighted by Gasteiger charge is 2.32.